The smallest absolute Gasteiger partial charge is 0.329 e. The zero-order chi connectivity index (χ0) is 26.8. The molecule has 0 radical (unpaired) electrons. The summed E-state index contributed by atoms with van der Waals surface area (Å²) in [6, 6.07) is 20.4. The normalized spacial score (nSPS) is 12.1. The fourth-order valence-corrected chi connectivity index (χ4v) is 4.78. The number of benzene rings is 3. The Morgan fingerprint density at radius 2 is 1.70 bits per heavy atom. The van der Waals surface area contributed by atoms with E-state index in [2.05, 4.69) is 5.32 Å². The van der Waals surface area contributed by atoms with Crippen molar-refractivity contribution in [2.45, 2.75) is 31.2 Å². The molecule has 1 atom stereocenters. The van der Waals surface area contributed by atoms with E-state index in [0.717, 1.165) is 5.56 Å². The molecule has 37 heavy (non-hydrogen) atoms. The standard InChI is InChI=1S/C28H31N3O5S/c1-4-10-21-13-9-14-25(19-21)37(34,35)30-28(33)29-26(20-22-11-7-6-8-12-22)27(32)31(5-2)23-15-17-24(36-3)18-16-23/h4,6-19,26H,5,20H2,1-3H3,(H2,29,30,33)/b10-4-. The van der Waals surface area contributed by atoms with Gasteiger partial charge in [-0.05, 0) is 61.4 Å². The van der Waals surface area contributed by atoms with Crippen molar-refractivity contribution in [3.8, 4) is 5.75 Å². The summed E-state index contributed by atoms with van der Waals surface area (Å²) in [7, 11) is -2.61. The number of nitrogens with one attached hydrogen (secondary N) is 2. The van der Waals surface area contributed by atoms with Crippen molar-refractivity contribution in [3.63, 3.8) is 0 Å². The number of allylic oxidation sites excluding steroid dienone is 1. The number of carbonyl (C=O) groups excluding carboxylic acids is 2. The molecular formula is C28H31N3O5S. The molecule has 0 aliphatic heterocycles. The van der Waals surface area contributed by atoms with Gasteiger partial charge < -0.3 is 15.0 Å². The lowest BCUT2D eigenvalue weighted by molar-refractivity contribution is -0.120. The molecule has 1 unspecified atom stereocenters. The lowest BCUT2D eigenvalue weighted by atomic mass is 10.0. The Kier molecular flexibility index (Phi) is 9.45. The van der Waals surface area contributed by atoms with Crippen molar-refractivity contribution in [1.29, 1.82) is 0 Å². The van der Waals surface area contributed by atoms with E-state index in [9.17, 15) is 18.0 Å². The third-order valence-electron chi connectivity index (χ3n) is 5.61. The van der Waals surface area contributed by atoms with Crippen LogP contribution >= 0.6 is 0 Å². The fraction of sp³-hybridized carbons (Fsp3) is 0.214. The second-order valence-corrected chi connectivity index (χ2v) is 9.86. The number of rotatable bonds is 10. The number of ether oxygens (including phenoxy) is 1. The van der Waals surface area contributed by atoms with Crippen molar-refractivity contribution in [1.82, 2.24) is 10.0 Å². The highest BCUT2D eigenvalue weighted by Gasteiger charge is 2.28. The molecule has 0 aliphatic carbocycles. The lowest BCUT2D eigenvalue weighted by Gasteiger charge is -2.27. The lowest BCUT2D eigenvalue weighted by Crippen LogP contribution is -2.53. The largest absolute Gasteiger partial charge is 0.497 e. The van der Waals surface area contributed by atoms with Gasteiger partial charge in [0, 0.05) is 18.7 Å². The first-order chi connectivity index (χ1) is 17.8. The van der Waals surface area contributed by atoms with E-state index in [4.69, 9.17) is 4.74 Å². The average Bonchev–Trinajstić information content (AvgIpc) is 2.90. The Bertz CT molecular complexity index is 1340. The summed E-state index contributed by atoms with van der Waals surface area (Å²) in [5.41, 5.74) is 2.12. The van der Waals surface area contributed by atoms with Gasteiger partial charge in [0.25, 0.3) is 10.0 Å². The van der Waals surface area contributed by atoms with Gasteiger partial charge in [-0.3, -0.25) is 4.79 Å². The molecule has 9 heteroatoms. The molecular weight excluding hydrogens is 490 g/mol. The summed E-state index contributed by atoms with van der Waals surface area (Å²) < 4.78 is 33.0. The molecule has 3 aromatic rings. The van der Waals surface area contributed by atoms with E-state index < -0.39 is 22.1 Å². The number of likely N-dealkylation sites (N-methyl/N-ethyl adjacent to an activating group) is 1. The molecule has 8 nitrogen and oxygen atoms in total. The molecule has 0 bridgehead atoms. The van der Waals surface area contributed by atoms with E-state index in [1.54, 1.807) is 55.7 Å². The molecule has 0 aromatic heterocycles. The fourth-order valence-electron chi connectivity index (χ4n) is 3.81. The van der Waals surface area contributed by atoms with Gasteiger partial charge in [-0.2, -0.15) is 0 Å². The van der Waals surface area contributed by atoms with Crippen molar-refractivity contribution in [2.75, 3.05) is 18.6 Å². The molecule has 3 rings (SSSR count). The molecule has 0 spiro atoms. The van der Waals surface area contributed by atoms with Crippen molar-refractivity contribution in [3.05, 3.63) is 96.1 Å². The van der Waals surface area contributed by atoms with Gasteiger partial charge in [0.05, 0.1) is 12.0 Å². The van der Waals surface area contributed by atoms with Crippen LogP contribution in [0.2, 0.25) is 0 Å². The van der Waals surface area contributed by atoms with Gasteiger partial charge in [-0.15, -0.1) is 0 Å². The van der Waals surface area contributed by atoms with Crippen molar-refractivity contribution >= 4 is 33.7 Å². The Morgan fingerprint density at radius 3 is 2.32 bits per heavy atom. The topological polar surface area (TPSA) is 105 Å². The Hall–Kier alpha value is -4.11. The van der Waals surface area contributed by atoms with Crippen LogP contribution in [0.1, 0.15) is 25.0 Å². The van der Waals surface area contributed by atoms with Crippen LogP contribution in [0.4, 0.5) is 10.5 Å². The van der Waals surface area contributed by atoms with Crippen LogP contribution in [0.15, 0.2) is 89.8 Å². The van der Waals surface area contributed by atoms with Gasteiger partial charge in [0.15, 0.2) is 0 Å². The molecule has 194 valence electrons. The third-order valence-corrected chi connectivity index (χ3v) is 6.94. The van der Waals surface area contributed by atoms with Crippen LogP contribution in [0.25, 0.3) is 6.08 Å². The van der Waals surface area contributed by atoms with Gasteiger partial charge in [0.2, 0.25) is 5.91 Å². The van der Waals surface area contributed by atoms with E-state index in [1.165, 1.54) is 17.0 Å². The molecule has 0 heterocycles. The summed E-state index contributed by atoms with van der Waals surface area (Å²) in [6.45, 7) is 3.99. The summed E-state index contributed by atoms with van der Waals surface area (Å²) in [4.78, 5) is 28.0. The van der Waals surface area contributed by atoms with Crippen LogP contribution in [-0.4, -0.2) is 40.1 Å². The summed E-state index contributed by atoms with van der Waals surface area (Å²) in [6.07, 6.45) is 3.72. The Labute approximate surface area is 218 Å². The van der Waals surface area contributed by atoms with E-state index in [0.29, 0.717) is 23.5 Å². The number of hydrogen-bond acceptors (Lipinski definition) is 5. The number of anilines is 1. The van der Waals surface area contributed by atoms with Crippen LogP contribution in [0, 0.1) is 0 Å². The van der Waals surface area contributed by atoms with Gasteiger partial charge in [-0.25, -0.2) is 17.9 Å². The Balaban J connectivity index is 1.84. The number of nitrogens with zero attached hydrogens (tertiary/aromatic N) is 1. The minimum absolute atomic E-state index is 0.0578. The molecule has 0 saturated carbocycles. The highest BCUT2D eigenvalue weighted by atomic mass is 32.2. The summed E-state index contributed by atoms with van der Waals surface area (Å²) >= 11 is 0. The van der Waals surface area contributed by atoms with Crippen LogP contribution < -0.4 is 19.7 Å². The third kappa shape index (κ3) is 7.44. The first-order valence-electron chi connectivity index (χ1n) is 11.8. The minimum atomic E-state index is -4.16. The molecule has 0 aliphatic rings. The highest BCUT2D eigenvalue weighted by molar-refractivity contribution is 7.90. The first kappa shape index (κ1) is 27.5. The Morgan fingerprint density at radius 1 is 1.00 bits per heavy atom. The maximum atomic E-state index is 13.6. The number of hydrogen-bond donors (Lipinski definition) is 2. The SMILES string of the molecule is C/C=C\c1cccc(S(=O)(=O)NC(=O)NC(Cc2ccccc2)C(=O)N(CC)c2ccc(OC)cc2)c1. The molecule has 3 aromatic carbocycles. The van der Waals surface area contributed by atoms with Crippen LogP contribution in [0.3, 0.4) is 0 Å². The second kappa shape index (κ2) is 12.7. The minimum Gasteiger partial charge on any atom is -0.497 e. The van der Waals surface area contributed by atoms with Gasteiger partial charge in [0.1, 0.15) is 11.8 Å². The van der Waals surface area contributed by atoms with E-state index >= 15 is 0 Å². The van der Waals surface area contributed by atoms with Gasteiger partial charge in [-0.1, -0.05) is 54.6 Å². The molecule has 0 saturated heterocycles. The molecule has 3 amide bonds. The summed E-state index contributed by atoms with van der Waals surface area (Å²) in [5, 5.41) is 2.58. The first-order valence-corrected chi connectivity index (χ1v) is 13.3. The number of sulfonamides is 1. The van der Waals surface area contributed by atoms with Crippen molar-refractivity contribution in [2.24, 2.45) is 0 Å². The molecule has 2 N–H and O–H groups in total. The average molecular weight is 522 g/mol. The van der Waals surface area contributed by atoms with E-state index in [1.807, 2.05) is 48.9 Å². The molecule has 0 fully saturated rings. The van der Waals surface area contributed by atoms with Crippen LogP contribution in [-0.2, 0) is 21.2 Å². The predicted octanol–water partition coefficient (Wildman–Crippen LogP) is 4.38. The highest BCUT2D eigenvalue weighted by Crippen LogP contribution is 2.21. The predicted molar refractivity (Wildman–Crippen MR) is 145 cm³/mol. The monoisotopic (exact) mass is 521 g/mol. The van der Waals surface area contributed by atoms with Crippen LogP contribution in [0.5, 0.6) is 5.75 Å². The number of urea groups is 1. The number of methoxy groups -OCH3 is 1. The second-order valence-electron chi connectivity index (χ2n) is 8.17. The maximum absolute atomic E-state index is 13.6. The quantitative estimate of drug-likeness (QED) is 0.412. The zero-order valence-corrected chi connectivity index (χ0v) is 21.9. The van der Waals surface area contributed by atoms with Crippen molar-refractivity contribution < 1.29 is 22.7 Å². The number of carbonyl (C=O) groups is 2. The summed E-state index contributed by atoms with van der Waals surface area (Å²) in [5.74, 6) is 0.272. The van der Waals surface area contributed by atoms with Gasteiger partial charge >= 0.3 is 6.03 Å². The zero-order valence-electron chi connectivity index (χ0n) is 21.0. The van der Waals surface area contributed by atoms with E-state index in [-0.39, 0.29) is 17.2 Å². The maximum Gasteiger partial charge on any atom is 0.329 e. The number of amides is 3.